The number of alkyl halides is 3. The van der Waals surface area contributed by atoms with E-state index in [0.29, 0.717) is 13.0 Å². The minimum atomic E-state index is -4.40. The van der Waals surface area contributed by atoms with E-state index in [1.165, 1.54) is 0 Å². The van der Waals surface area contributed by atoms with Crippen molar-refractivity contribution in [2.45, 2.75) is 38.0 Å². The molecule has 2 atom stereocenters. The normalized spacial score (nSPS) is 22.8. The summed E-state index contributed by atoms with van der Waals surface area (Å²) in [5.74, 6) is -0.375. The Labute approximate surface area is 98.3 Å². The summed E-state index contributed by atoms with van der Waals surface area (Å²) < 4.78 is 38.8. The van der Waals surface area contributed by atoms with Gasteiger partial charge in [-0.1, -0.05) is 6.92 Å². The number of hydrogen-bond acceptors (Lipinski definition) is 3. The predicted molar refractivity (Wildman–Crippen MR) is 57.3 cm³/mol. The predicted octanol–water partition coefficient (Wildman–Crippen LogP) is 0.476. The molecule has 2 unspecified atom stereocenters. The van der Waals surface area contributed by atoms with Gasteiger partial charge in [-0.3, -0.25) is 9.69 Å². The molecule has 0 aromatic heterocycles. The van der Waals surface area contributed by atoms with Gasteiger partial charge >= 0.3 is 6.18 Å². The standard InChI is InChI=1S/C10H18F3N3O/c1-2-7(14)9(10(11,12)13)16-5-3-4-15-8(17)6-16/h7,9H,2-6,14H2,1H3,(H,15,17). The van der Waals surface area contributed by atoms with Gasteiger partial charge in [-0.2, -0.15) is 13.2 Å². The third kappa shape index (κ3) is 3.85. The number of nitrogens with one attached hydrogen (secondary N) is 1. The van der Waals surface area contributed by atoms with Crippen molar-refractivity contribution >= 4 is 5.91 Å². The fraction of sp³-hybridized carbons (Fsp3) is 0.900. The van der Waals surface area contributed by atoms with Crippen LogP contribution in [0, 0.1) is 0 Å². The number of rotatable bonds is 3. The van der Waals surface area contributed by atoms with E-state index in [4.69, 9.17) is 5.73 Å². The Morgan fingerprint density at radius 1 is 1.53 bits per heavy atom. The molecule has 0 saturated carbocycles. The third-order valence-corrected chi connectivity index (χ3v) is 2.90. The van der Waals surface area contributed by atoms with E-state index in [-0.39, 0.29) is 25.4 Å². The maximum Gasteiger partial charge on any atom is 0.405 e. The van der Waals surface area contributed by atoms with E-state index in [1.807, 2.05) is 0 Å². The van der Waals surface area contributed by atoms with Crippen molar-refractivity contribution in [1.29, 1.82) is 0 Å². The monoisotopic (exact) mass is 253 g/mol. The van der Waals surface area contributed by atoms with Crippen LogP contribution in [0.4, 0.5) is 13.2 Å². The number of amides is 1. The van der Waals surface area contributed by atoms with Gasteiger partial charge in [0.05, 0.1) is 6.54 Å². The molecule has 0 bridgehead atoms. The second kappa shape index (κ2) is 5.68. The van der Waals surface area contributed by atoms with Crippen LogP contribution in [0.5, 0.6) is 0 Å². The molecule has 1 aliphatic heterocycles. The summed E-state index contributed by atoms with van der Waals surface area (Å²) in [5.41, 5.74) is 5.54. The summed E-state index contributed by atoms with van der Waals surface area (Å²) >= 11 is 0. The van der Waals surface area contributed by atoms with E-state index in [0.717, 1.165) is 4.90 Å². The van der Waals surface area contributed by atoms with E-state index in [2.05, 4.69) is 5.32 Å². The molecule has 1 heterocycles. The van der Waals surface area contributed by atoms with Crippen LogP contribution in [0.3, 0.4) is 0 Å². The molecular weight excluding hydrogens is 235 g/mol. The van der Waals surface area contributed by atoms with Crippen LogP contribution in [0.15, 0.2) is 0 Å². The lowest BCUT2D eigenvalue weighted by atomic mass is 10.0. The summed E-state index contributed by atoms with van der Waals surface area (Å²) in [5, 5.41) is 2.55. The molecule has 0 spiro atoms. The van der Waals surface area contributed by atoms with E-state index >= 15 is 0 Å². The Kier molecular flexibility index (Phi) is 4.76. The van der Waals surface area contributed by atoms with Gasteiger partial charge in [0, 0.05) is 19.1 Å². The first-order valence-corrected chi connectivity index (χ1v) is 5.69. The zero-order valence-electron chi connectivity index (χ0n) is 9.76. The zero-order chi connectivity index (χ0) is 13.1. The number of halogens is 3. The second-order valence-corrected chi connectivity index (χ2v) is 4.23. The van der Waals surface area contributed by atoms with Crippen molar-refractivity contribution in [1.82, 2.24) is 10.2 Å². The van der Waals surface area contributed by atoms with Crippen molar-refractivity contribution < 1.29 is 18.0 Å². The fourth-order valence-corrected chi connectivity index (χ4v) is 2.01. The highest BCUT2D eigenvalue weighted by Crippen LogP contribution is 2.28. The molecule has 0 aliphatic carbocycles. The maximum atomic E-state index is 12.9. The molecule has 1 fully saturated rings. The minimum Gasteiger partial charge on any atom is -0.355 e. The van der Waals surface area contributed by atoms with Gasteiger partial charge < -0.3 is 11.1 Å². The van der Waals surface area contributed by atoms with Crippen LogP contribution in [0.2, 0.25) is 0 Å². The van der Waals surface area contributed by atoms with Gasteiger partial charge in [-0.15, -0.1) is 0 Å². The van der Waals surface area contributed by atoms with Crippen molar-refractivity contribution in [3.63, 3.8) is 0 Å². The van der Waals surface area contributed by atoms with E-state index in [9.17, 15) is 18.0 Å². The molecule has 3 N–H and O–H groups in total. The molecule has 0 radical (unpaired) electrons. The maximum absolute atomic E-state index is 12.9. The lowest BCUT2D eigenvalue weighted by Gasteiger charge is -2.34. The Morgan fingerprint density at radius 2 is 2.18 bits per heavy atom. The molecule has 0 aromatic carbocycles. The van der Waals surface area contributed by atoms with Crippen LogP contribution in [0.25, 0.3) is 0 Å². The number of nitrogens with two attached hydrogens (primary N) is 1. The van der Waals surface area contributed by atoms with Crippen molar-refractivity contribution in [3.8, 4) is 0 Å². The summed E-state index contributed by atoms with van der Waals surface area (Å²) in [4.78, 5) is 12.4. The van der Waals surface area contributed by atoms with Gasteiger partial charge in [0.25, 0.3) is 0 Å². The van der Waals surface area contributed by atoms with Crippen LogP contribution in [-0.2, 0) is 4.79 Å². The summed E-state index contributed by atoms with van der Waals surface area (Å²) in [6.45, 7) is 2.02. The molecule has 7 heteroatoms. The van der Waals surface area contributed by atoms with Gasteiger partial charge in [0.15, 0.2) is 0 Å². The third-order valence-electron chi connectivity index (χ3n) is 2.90. The fourth-order valence-electron chi connectivity index (χ4n) is 2.01. The van der Waals surface area contributed by atoms with Crippen LogP contribution in [-0.4, -0.2) is 48.7 Å². The largest absolute Gasteiger partial charge is 0.405 e. The second-order valence-electron chi connectivity index (χ2n) is 4.23. The molecule has 0 aromatic rings. The van der Waals surface area contributed by atoms with Gasteiger partial charge in [0.1, 0.15) is 6.04 Å². The molecule has 17 heavy (non-hydrogen) atoms. The van der Waals surface area contributed by atoms with Gasteiger partial charge in [-0.25, -0.2) is 0 Å². The topological polar surface area (TPSA) is 58.4 Å². The Morgan fingerprint density at radius 3 is 2.71 bits per heavy atom. The lowest BCUT2D eigenvalue weighted by molar-refractivity contribution is -0.189. The molecule has 1 rings (SSSR count). The number of hydrogen-bond donors (Lipinski definition) is 2. The van der Waals surface area contributed by atoms with Crippen LogP contribution < -0.4 is 11.1 Å². The average molecular weight is 253 g/mol. The molecule has 1 saturated heterocycles. The van der Waals surface area contributed by atoms with Crippen molar-refractivity contribution in [2.24, 2.45) is 5.73 Å². The highest BCUT2D eigenvalue weighted by atomic mass is 19.4. The summed E-state index contributed by atoms with van der Waals surface area (Å²) in [6.07, 6.45) is -3.67. The molecular formula is C10H18F3N3O. The van der Waals surface area contributed by atoms with Gasteiger partial charge in [0.2, 0.25) is 5.91 Å². The summed E-state index contributed by atoms with van der Waals surface area (Å²) in [6, 6.07) is -2.74. The quantitative estimate of drug-likeness (QED) is 0.769. The van der Waals surface area contributed by atoms with Crippen LogP contribution >= 0.6 is 0 Å². The SMILES string of the molecule is CCC(N)C(N1CCCNC(=O)C1)C(F)(F)F. The zero-order valence-corrected chi connectivity index (χ0v) is 9.76. The first-order chi connectivity index (χ1) is 7.86. The Bertz CT molecular complexity index is 270. The number of nitrogens with zero attached hydrogens (tertiary/aromatic N) is 1. The molecule has 4 nitrogen and oxygen atoms in total. The lowest BCUT2D eigenvalue weighted by Crippen LogP contribution is -2.57. The first-order valence-electron chi connectivity index (χ1n) is 5.69. The molecule has 100 valence electrons. The smallest absolute Gasteiger partial charge is 0.355 e. The highest BCUT2D eigenvalue weighted by molar-refractivity contribution is 5.78. The summed E-state index contributed by atoms with van der Waals surface area (Å²) in [7, 11) is 0. The minimum absolute atomic E-state index is 0.224. The molecule has 1 aliphatic rings. The van der Waals surface area contributed by atoms with Crippen molar-refractivity contribution in [3.05, 3.63) is 0 Å². The number of carbonyl (C=O) groups excluding carboxylic acids is 1. The van der Waals surface area contributed by atoms with E-state index < -0.39 is 18.3 Å². The highest BCUT2D eigenvalue weighted by Gasteiger charge is 2.47. The van der Waals surface area contributed by atoms with Crippen LogP contribution in [0.1, 0.15) is 19.8 Å². The Balaban J connectivity index is 2.84. The molecule has 1 amide bonds. The Hall–Kier alpha value is -0.820. The average Bonchev–Trinajstić information content (AvgIpc) is 2.41. The first kappa shape index (κ1) is 14.2. The number of carbonyl (C=O) groups is 1. The van der Waals surface area contributed by atoms with E-state index in [1.54, 1.807) is 6.92 Å². The van der Waals surface area contributed by atoms with Crippen molar-refractivity contribution in [2.75, 3.05) is 19.6 Å². The van der Waals surface area contributed by atoms with Gasteiger partial charge in [-0.05, 0) is 12.8 Å².